The molecule has 0 saturated heterocycles. The van der Waals surface area contributed by atoms with Gasteiger partial charge in [-0.3, -0.25) is 0 Å². The number of hydrogen-bond acceptors (Lipinski definition) is 4. The highest BCUT2D eigenvalue weighted by Gasteiger charge is 2.09. The minimum atomic E-state index is -0.216. The van der Waals surface area contributed by atoms with E-state index in [-0.39, 0.29) is 14.8 Å². The van der Waals surface area contributed by atoms with Crippen LogP contribution in [-0.4, -0.2) is 40.7 Å². The van der Waals surface area contributed by atoms with Gasteiger partial charge in [0, 0.05) is 20.8 Å². The Morgan fingerprint density at radius 2 is 1.86 bits per heavy atom. The smallest absolute Gasteiger partial charge is 0.430 e. The molecule has 0 heterocycles. The van der Waals surface area contributed by atoms with Gasteiger partial charge in [0.15, 0.2) is 0 Å². The Morgan fingerprint density at radius 1 is 1.29 bits per heavy atom. The van der Waals surface area contributed by atoms with E-state index in [0.717, 1.165) is 6.32 Å². The van der Waals surface area contributed by atoms with Crippen LogP contribution in [0.4, 0.5) is 0 Å². The molecule has 6 heteroatoms. The molecule has 1 N–H and O–H groups in total. The summed E-state index contributed by atoms with van der Waals surface area (Å²) in [5, 5.41) is 7.93. The lowest BCUT2D eigenvalue weighted by atomic mass is 9.85. The van der Waals surface area contributed by atoms with Gasteiger partial charge in [-0.15, -0.1) is 13.2 Å². The molecule has 4 nitrogen and oxygen atoms in total. The standard InChI is InChI=1S/C5H11BO2.C3H7BO2/c1-4-5-6(7-2)8-3;1-2-3-6-4-5/h4H,1,5H2,2-3H3;2,4-5H,1,3H2. The largest absolute Gasteiger partial charge is 0.460 e. The number of rotatable bonds is 7. The van der Waals surface area contributed by atoms with E-state index in [1.165, 1.54) is 0 Å². The molecular weight excluding hydrogens is 182 g/mol. The molecule has 0 atom stereocenters. The fourth-order valence-electron chi connectivity index (χ4n) is 0.561. The second-order valence-corrected chi connectivity index (χ2v) is 2.21. The van der Waals surface area contributed by atoms with E-state index in [1.807, 2.05) is 0 Å². The molecule has 0 rings (SSSR count). The summed E-state index contributed by atoms with van der Waals surface area (Å²) in [6.45, 7) is 7.33. The molecule has 0 unspecified atom stereocenters. The second kappa shape index (κ2) is 14.9. The van der Waals surface area contributed by atoms with Gasteiger partial charge in [-0.05, 0) is 6.32 Å². The average molecular weight is 200 g/mol. The Kier molecular flexibility index (Phi) is 17.0. The van der Waals surface area contributed by atoms with E-state index in [1.54, 1.807) is 26.4 Å². The average Bonchev–Trinajstić information content (AvgIpc) is 2.24. The molecule has 80 valence electrons. The van der Waals surface area contributed by atoms with Crippen LogP contribution >= 0.6 is 0 Å². The normalized spacial score (nSPS) is 8.21. The van der Waals surface area contributed by atoms with Crippen LogP contribution < -0.4 is 0 Å². The third kappa shape index (κ3) is 14.0. The van der Waals surface area contributed by atoms with Crippen molar-refractivity contribution >= 4 is 14.8 Å². The summed E-state index contributed by atoms with van der Waals surface area (Å²) in [4.78, 5) is 0. The first kappa shape index (κ1) is 15.9. The maximum absolute atomic E-state index is 7.93. The summed E-state index contributed by atoms with van der Waals surface area (Å²) in [5.41, 5.74) is 0. The zero-order chi connectivity index (χ0) is 11.2. The summed E-state index contributed by atoms with van der Waals surface area (Å²) in [7, 11) is 2.88. The SMILES string of the molecule is C=CCB(OC)OC.C=CCOBO. The molecule has 14 heavy (non-hydrogen) atoms. The minimum Gasteiger partial charge on any atom is -0.430 e. The first-order valence-corrected chi connectivity index (χ1v) is 4.22. The van der Waals surface area contributed by atoms with Crippen molar-refractivity contribution in [1.29, 1.82) is 0 Å². The first-order valence-electron chi connectivity index (χ1n) is 4.22. The van der Waals surface area contributed by atoms with Gasteiger partial charge in [0.1, 0.15) is 0 Å². The van der Waals surface area contributed by atoms with Crippen LogP contribution in [-0.2, 0) is 14.0 Å². The Morgan fingerprint density at radius 3 is 2.00 bits per heavy atom. The van der Waals surface area contributed by atoms with Crippen molar-refractivity contribution < 1.29 is 19.0 Å². The maximum Gasteiger partial charge on any atom is 0.460 e. The topological polar surface area (TPSA) is 47.9 Å². The zero-order valence-corrected chi connectivity index (χ0v) is 8.94. The summed E-state index contributed by atoms with van der Waals surface area (Å²) >= 11 is 0. The van der Waals surface area contributed by atoms with Crippen molar-refractivity contribution in [3.05, 3.63) is 25.3 Å². The van der Waals surface area contributed by atoms with Crippen LogP contribution in [0, 0.1) is 0 Å². The molecule has 0 aliphatic rings. The van der Waals surface area contributed by atoms with Gasteiger partial charge in [0.25, 0.3) is 0 Å². The predicted octanol–water partition coefficient (Wildman–Crippen LogP) is 0.401. The molecule has 0 spiro atoms. The van der Waals surface area contributed by atoms with Gasteiger partial charge in [-0.1, -0.05) is 12.2 Å². The number of allylic oxidation sites excluding steroid dienone is 1. The van der Waals surface area contributed by atoms with E-state index in [9.17, 15) is 0 Å². The fraction of sp³-hybridized carbons (Fsp3) is 0.500. The van der Waals surface area contributed by atoms with Crippen molar-refractivity contribution in [2.75, 3.05) is 20.8 Å². The molecule has 0 aromatic heterocycles. The second-order valence-electron chi connectivity index (χ2n) is 2.21. The minimum absolute atomic E-state index is 0.118. The Balaban J connectivity index is 0. The molecule has 0 amide bonds. The van der Waals surface area contributed by atoms with Crippen LogP contribution in [0.1, 0.15) is 0 Å². The van der Waals surface area contributed by atoms with E-state index in [4.69, 9.17) is 14.3 Å². The molecule has 0 saturated carbocycles. The highest BCUT2D eigenvalue weighted by atomic mass is 16.6. The van der Waals surface area contributed by atoms with Crippen molar-refractivity contribution in [3.63, 3.8) is 0 Å². The van der Waals surface area contributed by atoms with Crippen molar-refractivity contribution in [2.24, 2.45) is 0 Å². The lowest BCUT2D eigenvalue weighted by molar-refractivity contribution is 0.281. The molecule has 0 aromatic carbocycles. The number of hydrogen-bond donors (Lipinski definition) is 1. The van der Waals surface area contributed by atoms with Gasteiger partial charge in [0.05, 0.1) is 0 Å². The molecule has 0 aromatic rings. The van der Waals surface area contributed by atoms with Crippen LogP contribution in [0.15, 0.2) is 25.3 Å². The van der Waals surface area contributed by atoms with E-state index >= 15 is 0 Å². The Labute approximate surface area is 87.0 Å². The predicted molar refractivity (Wildman–Crippen MR) is 60.3 cm³/mol. The third-order valence-electron chi connectivity index (χ3n) is 1.21. The van der Waals surface area contributed by atoms with Gasteiger partial charge < -0.3 is 19.0 Å². The molecular formula is C8H18B2O4. The summed E-state index contributed by atoms with van der Waals surface area (Å²) in [6, 6.07) is 0. The first-order chi connectivity index (χ1) is 6.76. The van der Waals surface area contributed by atoms with Crippen molar-refractivity contribution in [2.45, 2.75) is 6.32 Å². The maximum atomic E-state index is 7.93. The summed E-state index contributed by atoms with van der Waals surface area (Å²) in [5.74, 6) is 0. The van der Waals surface area contributed by atoms with Crippen molar-refractivity contribution in [3.8, 4) is 0 Å². The van der Waals surface area contributed by atoms with Gasteiger partial charge in [0.2, 0.25) is 0 Å². The van der Waals surface area contributed by atoms with E-state index in [0.29, 0.717) is 6.61 Å². The quantitative estimate of drug-likeness (QED) is 0.367. The summed E-state index contributed by atoms with van der Waals surface area (Å²) < 4.78 is 14.1. The molecule has 0 aliphatic heterocycles. The molecule has 0 fully saturated rings. The van der Waals surface area contributed by atoms with Gasteiger partial charge >= 0.3 is 14.8 Å². The molecule has 0 radical (unpaired) electrons. The lowest BCUT2D eigenvalue weighted by Gasteiger charge is -2.02. The molecule has 0 bridgehead atoms. The highest BCUT2D eigenvalue weighted by Crippen LogP contribution is 1.92. The van der Waals surface area contributed by atoms with Crippen LogP contribution in [0.25, 0.3) is 0 Å². The van der Waals surface area contributed by atoms with Crippen LogP contribution in [0.2, 0.25) is 6.32 Å². The van der Waals surface area contributed by atoms with E-state index in [2.05, 4.69) is 17.8 Å². The van der Waals surface area contributed by atoms with Gasteiger partial charge in [-0.2, -0.15) is 0 Å². The zero-order valence-electron chi connectivity index (χ0n) is 8.94. The highest BCUT2D eigenvalue weighted by molar-refractivity contribution is 6.44. The van der Waals surface area contributed by atoms with Crippen LogP contribution in [0.3, 0.4) is 0 Å². The monoisotopic (exact) mass is 200 g/mol. The van der Waals surface area contributed by atoms with E-state index < -0.39 is 0 Å². The third-order valence-corrected chi connectivity index (χ3v) is 1.21. The van der Waals surface area contributed by atoms with Crippen LogP contribution in [0.5, 0.6) is 0 Å². The summed E-state index contributed by atoms with van der Waals surface area (Å²) in [6.07, 6.45) is 4.08. The lowest BCUT2D eigenvalue weighted by Crippen LogP contribution is -2.16. The van der Waals surface area contributed by atoms with Crippen molar-refractivity contribution in [1.82, 2.24) is 0 Å². The Hall–Kier alpha value is -0.550. The van der Waals surface area contributed by atoms with Gasteiger partial charge in [-0.25, -0.2) is 0 Å². The Bertz CT molecular complexity index is 129. The fourth-order valence-corrected chi connectivity index (χ4v) is 0.561. The molecule has 0 aliphatic carbocycles.